The zero-order chi connectivity index (χ0) is 23.2. The zero-order valence-corrected chi connectivity index (χ0v) is 17.9. The maximum Gasteiger partial charge on any atom is 0.312 e. The van der Waals surface area contributed by atoms with E-state index in [4.69, 9.17) is 0 Å². The van der Waals surface area contributed by atoms with Crippen molar-refractivity contribution in [3.63, 3.8) is 0 Å². The number of hydrogen-bond donors (Lipinski definition) is 1. The van der Waals surface area contributed by atoms with E-state index in [-0.39, 0.29) is 24.8 Å². The van der Waals surface area contributed by atoms with E-state index in [2.05, 4.69) is 10.3 Å². The zero-order valence-electron chi connectivity index (χ0n) is 17.9. The van der Waals surface area contributed by atoms with Crippen molar-refractivity contribution in [2.45, 2.75) is 19.6 Å². The van der Waals surface area contributed by atoms with Gasteiger partial charge in [0.2, 0.25) is 0 Å². The summed E-state index contributed by atoms with van der Waals surface area (Å²) < 4.78 is 13.1. The first kappa shape index (κ1) is 22.1. The molecule has 1 aliphatic heterocycles. The van der Waals surface area contributed by atoms with Gasteiger partial charge in [0, 0.05) is 50.7 Å². The fourth-order valence-electron chi connectivity index (χ4n) is 3.60. The van der Waals surface area contributed by atoms with Gasteiger partial charge in [0.05, 0.1) is 0 Å². The minimum atomic E-state index is -0.572. The fraction of sp³-hybridized carbons (Fsp3) is 0.200. The molecular formula is C25H23FN4O3. The van der Waals surface area contributed by atoms with Crippen LogP contribution in [0.15, 0.2) is 73.1 Å². The van der Waals surface area contributed by atoms with E-state index in [0.717, 1.165) is 16.7 Å². The van der Waals surface area contributed by atoms with Crippen molar-refractivity contribution in [2.24, 2.45) is 0 Å². The summed E-state index contributed by atoms with van der Waals surface area (Å²) in [6.45, 7) is 1.73. The summed E-state index contributed by atoms with van der Waals surface area (Å²) in [6.07, 6.45) is 3.37. The average molecular weight is 446 g/mol. The Morgan fingerprint density at radius 1 is 0.848 bits per heavy atom. The van der Waals surface area contributed by atoms with Crippen molar-refractivity contribution < 1.29 is 18.8 Å². The number of carbonyl (C=O) groups is 3. The van der Waals surface area contributed by atoms with Gasteiger partial charge in [-0.15, -0.1) is 0 Å². The summed E-state index contributed by atoms with van der Waals surface area (Å²) in [6, 6.07) is 16.5. The number of nitrogens with zero attached hydrogens (tertiary/aromatic N) is 3. The smallest absolute Gasteiger partial charge is 0.312 e. The van der Waals surface area contributed by atoms with Crippen LogP contribution in [0.3, 0.4) is 0 Å². The van der Waals surface area contributed by atoms with E-state index in [9.17, 15) is 18.8 Å². The number of benzene rings is 2. The quantitative estimate of drug-likeness (QED) is 0.566. The molecule has 3 amide bonds. The van der Waals surface area contributed by atoms with Crippen molar-refractivity contribution in [2.75, 3.05) is 13.1 Å². The van der Waals surface area contributed by atoms with E-state index in [0.29, 0.717) is 25.2 Å². The van der Waals surface area contributed by atoms with Crippen LogP contribution >= 0.6 is 0 Å². The lowest BCUT2D eigenvalue weighted by Crippen LogP contribution is -2.53. The SMILES string of the molecule is O=C(NCc1cccnc1)c1ccc(CN2CCN(Cc3ccc(F)cc3)C(=O)C2=O)cc1. The van der Waals surface area contributed by atoms with Crippen molar-refractivity contribution in [1.82, 2.24) is 20.1 Å². The molecule has 0 aliphatic carbocycles. The van der Waals surface area contributed by atoms with Gasteiger partial charge in [-0.1, -0.05) is 30.3 Å². The van der Waals surface area contributed by atoms with Crippen LogP contribution in [-0.4, -0.2) is 45.6 Å². The molecule has 1 N–H and O–H groups in total. The van der Waals surface area contributed by atoms with E-state index in [1.165, 1.54) is 21.9 Å². The van der Waals surface area contributed by atoms with Gasteiger partial charge < -0.3 is 15.1 Å². The third-order valence-corrected chi connectivity index (χ3v) is 5.45. The van der Waals surface area contributed by atoms with E-state index < -0.39 is 11.8 Å². The first-order chi connectivity index (χ1) is 16.0. The van der Waals surface area contributed by atoms with Gasteiger partial charge in [0.15, 0.2) is 0 Å². The number of nitrogens with one attached hydrogen (secondary N) is 1. The summed E-state index contributed by atoms with van der Waals surface area (Å²) in [4.78, 5) is 44.5. The van der Waals surface area contributed by atoms with Crippen LogP contribution in [0.5, 0.6) is 0 Å². The number of amides is 3. The van der Waals surface area contributed by atoms with E-state index in [1.54, 1.807) is 48.8 Å². The molecule has 1 fully saturated rings. The fourth-order valence-corrected chi connectivity index (χ4v) is 3.60. The van der Waals surface area contributed by atoms with Crippen molar-refractivity contribution >= 4 is 17.7 Å². The van der Waals surface area contributed by atoms with E-state index >= 15 is 0 Å². The first-order valence-corrected chi connectivity index (χ1v) is 10.6. The molecule has 0 atom stereocenters. The molecule has 8 heteroatoms. The first-order valence-electron chi connectivity index (χ1n) is 10.6. The maximum absolute atomic E-state index is 13.1. The van der Waals surface area contributed by atoms with Gasteiger partial charge >= 0.3 is 11.8 Å². The van der Waals surface area contributed by atoms with Gasteiger partial charge in [-0.05, 0) is 47.0 Å². The van der Waals surface area contributed by atoms with Gasteiger partial charge in [-0.25, -0.2) is 4.39 Å². The topological polar surface area (TPSA) is 82.6 Å². The highest BCUT2D eigenvalue weighted by Gasteiger charge is 2.32. The van der Waals surface area contributed by atoms with Gasteiger partial charge in [0.25, 0.3) is 5.91 Å². The Balaban J connectivity index is 1.30. The number of piperazine rings is 1. The number of aromatic nitrogens is 1. The molecule has 1 saturated heterocycles. The number of carbonyl (C=O) groups excluding carboxylic acids is 3. The summed E-state index contributed by atoms with van der Waals surface area (Å²) in [5.74, 6) is -1.69. The lowest BCUT2D eigenvalue weighted by atomic mass is 10.1. The molecule has 1 aliphatic rings. The third-order valence-electron chi connectivity index (χ3n) is 5.45. The van der Waals surface area contributed by atoms with Crippen LogP contribution in [0.1, 0.15) is 27.0 Å². The molecule has 1 aromatic heterocycles. The number of pyridine rings is 1. The molecule has 33 heavy (non-hydrogen) atoms. The Kier molecular flexibility index (Phi) is 6.73. The Morgan fingerprint density at radius 2 is 1.42 bits per heavy atom. The minimum absolute atomic E-state index is 0.203. The number of hydrogen-bond acceptors (Lipinski definition) is 4. The average Bonchev–Trinajstić information content (AvgIpc) is 2.84. The van der Waals surface area contributed by atoms with Crippen LogP contribution in [-0.2, 0) is 29.2 Å². The van der Waals surface area contributed by atoms with Crippen LogP contribution < -0.4 is 5.32 Å². The van der Waals surface area contributed by atoms with Crippen LogP contribution in [0.2, 0.25) is 0 Å². The molecule has 2 aromatic carbocycles. The summed E-state index contributed by atoms with van der Waals surface area (Å²) in [7, 11) is 0. The van der Waals surface area contributed by atoms with Crippen LogP contribution in [0.25, 0.3) is 0 Å². The van der Waals surface area contributed by atoms with Crippen molar-refractivity contribution in [3.05, 3.63) is 101 Å². The van der Waals surface area contributed by atoms with Gasteiger partial charge in [-0.3, -0.25) is 19.4 Å². The molecule has 0 bridgehead atoms. The summed E-state index contributed by atoms with van der Waals surface area (Å²) in [5, 5.41) is 2.84. The normalized spacial score (nSPS) is 13.8. The highest BCUT2D eigenvalue weighted by molar-refractivity contribution is 6.35. The molecule has 0 saturated carbocycles. The Bertz CT molecular complexity index is 1130. The standard InChI is InChI=1S/C25H23FN4O3/c26-22-9-5-19(6-10-22)17-30-13-12-29(24(32)25(30)33)16-18-3-7-21(8-4-18)23(31)28-15-20-2-1-11-27-14-20/h1-11,14H,12-13,15-17H2,(H,28,31). The maximum atomic E-state index is 13.1. The monoisotopic (exact) mass is 446 g/mol. The van der Waals surface area contributed by atoms with Crippen molar-refractivity contribution in [1.29, 1.82) is 0 Å². The highest BCUT2D eigenvalue weighted by Crippen LogP contribution is 2.15. The largest absolute Gasteiger partial charge is 0.348 e. The van der Waals surface area contributed by atoms with Gasteiger partial charge in [-0.2, -0.15) is 0 Å². The number of rotatable bonds is 7. The summed E-state index contributed by atoms with van der Waals surface area (Å²) >= 11 is 0. The van der Waals surface area contributed by atoms with Crippen LogP contribution in [0.4, 0.5) is 4.39 Å². The highest BCUT2D eigenvalue weighted by atomic mass is 19.1. The second kappa shape index (κ2) is 10.0. The number of halogens is 1. The second-order valence-corrected chi connectivity index (χ2v) is 7.82. The molecule has 7 nitrogen and oxygen atoms in total. The van der Waals surface area contributed by atoms with E-state index in [1.807, 2.05) is 12.1 Å². The molecule has 0 radical (unpaired) electrons. The predicted molar refractivity (Wildman–Crippen MR) is 119 cm³/mol. The summed E-state index contributed by atoms with van der Waals surface area (Å²) in [5.41, 5.74) is 3.01. The minimum Gasteiger partial charge on any atom is -0.348 e. The molecule has 0 spiro atoms. The lowest BCUT2D eigenvalue weighted by molar-refractivity contribution is -0.156. The van der Waals surface area contributed by atoms with Crippen molar-refractivity contribution in [3.8, 4) is 0 Å². The Hall–Kier alpha value is -4.07. The molecule has 3 aromatic rings. The Labute approximate surface area is 190 Å². The molecule has 2 heterocycles. The lowest BCUT2D eigenvalue weighted by Gasteiger charge is -2.33. The molecule has 4 rings (SSSR count). The second-order valence-electron chi connectivity index (χ2n) is 7.82. The molecule has 168 valence electrons. The molecule has 0 unspecified atom stereocenters. The third kappa shape index (κ3) is 5.60. The molecular weight excluding hydrogens is 423 g/mol. The van der Waals surface area contributed by atoms with Gasteiger partial charge in [0.1, 0.15) is 5.82 Å². The Morgan fingerprint density at radius 3 is 1.97 bits per heavy atom. The predicted octanol–water partition coefficient (Wildman–Crippen LogP) is 2.52. The van der Waals surface area contributed by atoms with Crippen LogP contribution in [0, 0.1) is 5.82 Å².